The van der Waals surface area contributed by atoms with E-state index in [-0.39, 0.29) is 0 Å². The van der Waals surface area contributed by atoms with Gasteiger partial charge >= 0.3 is 0 Å². The van der Waals surface area contributed by atoms with Gasteiger partial charge in [0, 0.05) is 24.3 Å². The Morgan fingerprint density at radius 3 is 2.90 bits per heavy atom. The zero-order valence-corrected chi connectivity index (χ0v) is 12.9. The lowest BCUT2D eigenvalue weighted by atomic mass is 10.2. The monoisotopic (exact) mass is 285 g/mol. The molecule has 2 aromatic rings. The number of ether oxygens (including phenoxy) is 1. The number of aryl methyl sites for hydroxylation is 1. The lowest BCUT2D eigenvalue weighted by Gasteiger charge is -2.12. The molecule has 0 unspecified atom stereocenters. The Hall–Kier alpha value is -2.07. The molecule has 0 aliphatic heterocycles. The number of nitrogens with zero attached hydrogens (tertiary/aromatic N) is 2. The lowest BCUT2D eigenvalue weighted by molar-refractivity contribution is 0.414. The largest absolute Gasteiger partial charge is 0.496 e. The van der Waals surface area contributed by atoms with Crippen molar-refractivity contribution in [3.63, 3.8) is 0 Å². The third-order valence-electron chi connectivity index (χ3n) is 3.24. The van der Waals surface area contributed by atoms with Crippen LogP contribution >= 0.6 is 0 Å². The molecule has 21 heavy (non-hydrogen) atoms. The Balaban J connectivity index is 1.79. The van der Waals surface area contributed by atoms with Gasteiger partial charge in [0.05, 0.1) is 19.9 Å². The molecule has 0 radical (unpaired) electrons. The Bertz CT molecular complexity index is 589. The number of para-hydroxylation sites is 1. The molecule has 4 heteroatoms. The molecule has 1 atom stereocenters. The fourth-order valence-corrected chi connectivity index (χ4v) is 2.17. The third-order valence-corrected chi connectivity index (χ3v) is 3.24. The van der Waals surface area contributed by atoms with E-state index in [0.717, 1.165) is 24.4 Å². The second kappa shape index (κ2) is 7.64. The van der Waals surface area contributed by atoms with Crippen molar-refractivity contribution in [3.8, 4) is 5.75 Å². The summed E-state index contributed by atoms with van der Waals surface area (Å²) in [6.07, 6.45) is 8.14. The van der Waals surface area contributed by atoms with Crippen molar-refractivity contribution in [1.82, 2.24) is 15.1 Å². The lowest BCUT2D eigenvalue weighted by Crippen LogP contribution is -2.30. The maximum absolute atomic E-state index is 5.32. The van der Waals surface area contributed by atoms with E-state index in [0.29, 0.717) is 6.04 Å². The van der Waals surface area contributed by atoms with Crippen molar-refractivity contribution in [1.29, 1.82) is 0 Å². The van der Waals surface area contributed by atoms with Crippen LogP contribution in [0.3, 0.4) is 0 Å². The Labute approximate surface area is 126 Å². The zero-order valence-electron chi connectivity index (χ0n) is 12.9. The minimum atomic E-state index is 0.367. The van der Waals surface area contributed by atoms with Gasteiger partial charge in [-0.15, -0.1) is 0 Å². The molecule has 4 nitrogen and oxygen atoms in total. The summed E-state index contributed by atoms with van der Waals surface area (Å²) in [7, 11) is 1.69. The molecule has 0 aliphatic carbocycles. The molecule has 0 saturated heterocycles. The van der Waals surface area contributed by atoms with E-state index >= 15 is 0 Å². The maximum atomic E-state index is 5.32. The van der Waals surface area contributed by atoms with Gasteiger partial charge < -0.3 is 10.1 Å². The van der Waals surface area contributed by atoms with Gasteiger partial charge in [-0.2, -0.15) is 5.10 Å². The summed E-state index contributed by atoms with van der Waals surface area (Å²) >= 11 is 0. The van der Waals surface area contributed by atoms with Crippen molar-refractivity contribution in [2.45, 2.75) is 26.4 Å². The van der Waals surface area contributed by atoms with E-state index in [4.69, 9.17) is 4.74 Å². The second-order valence-corrected chi connectivity index (χ2v) is 5.19. The van der Waals surface area contributed by atoms with E-state index in [1.165, 1.54) is 5.56 Å². The molecule has 1 aromatic heterocycles. The molecule has 1 aromatic carbocycles. The number of aromatic nitrogens is 2. The minimum absolute atomic E-state index is 0.367. The van der Waals surface area contributed by atoms with Crippen molar-refractivity contribution in [2.24, 2.45) is 0 Å². The standard InChI is InChI=1S/C17H23N3O/c1-14-11-19-20(12-14)13-15(2)18-10-6-8-16-7-4-5-9-17(16)21-3/h4-9,11-12,15,18H,10,13H2,1-3H3/b8-6+/t15-/m1/s1. The van der Waals surface area contributed by atoms with Crippen LogP contribution in [0.25, 0.3) is 6.08 Å². The first-order chi connectivity index (χ1) is 10.2. The predicted octanol–water partition coefficient (Wildman–Crippen LogP) is 2.89. The molecule has 2 rings (SSSR count). The second-order valence-electron chi connectivity index (χ2n) is 5.19. The van der Waals surface area contributed by atoms with E-state index in [1.54, 1.807) is 7.11 Å². The number of benzene rings is 1. The van der Waals surface area contributed by atoms with Gasteiger partial charge in [-0.3, -0.25) is 4.68 Å². The van der Waals surface area contributed by atoms with Crippen LogP contribution in [0.15, 0.2) is 42.7 Å². The van der Waals surface area contributed by atoms with Gasteiger partial charge in [0.1, 0.15) is 5.75 Å². The van der Waals surface area contributed by atoms with Crippen molar-refractivity contribution >= 4 is 6.08 Å². The van der Waals surface area contributed by atoms with Crippen LogP contribution in [-0.4, -0.2) is 29.5 Å². The first-order valence-electron chi connectivity index (χ1n) is 7.21. The van der Waals surface area contributed by atoms with Gasteiger partial charge in [-0.05, 0) is 25.5 Å². The van der Waals surface area contributed by atoms with Crippen molar-refractivity contribution in [2.75, 3.05) is 13.7 Å². The highest BCUT2D eigenvalue weighted by molar-refractivity contribution is 5.57. The number of rotatable bonds is 7. The number of hydrogen-bond acceptors (Lipinski definition) is 3. The Morgan fingerprint density at radius 2 is 2.19 bits per heavy atom. The van der Waals surface area contributed by atoms with E-state index in [1.807, 2.05) is 35.1 Å². The number of methoxy groups -OCH3 is 1. The molecule has 0 bridgehead atoms. The minimum Gasteiger partial charge on any atom is -0.496 e. The fourth-order valence-electron chi connectivity index (χ4n) is 2.17. The summed E-state index contributed by atoms with van der Waals surface area (Å²) in [5, 5.41) is 7.76. The van der Waals surface area contributed by atoms with Gasteiger partial charge in [-0.1, -0.05) is 30.4 Å². The normalized spacial score (nSPS) is 12.7. The molecular formula is C17H23N3O. The highest BCUT2D eigenvalue weighted by atomic mass is 16.5. The van der Waals surface area contributed by atoms with Crippen LogP contribution in [-0.2, 0) is 6.54 Å². The topological polar surface area (TPSA) is 39.1 Å². The number of nitrogens with one attached hydrogen (secondary N) is 1. The summed E-state index contributed by atoms with van der Waals surface area (Å²) in [5.41, 5.74) is 2.29. The Kier molecular flexibility index (Phi) is 5.58. The van der Waals surface area contributed by atoms with Gasteiger partial charge in [0.2, 0.25) is 0 Å². The van der Waals surface area contributed by atoms with Crippen LogP contribution in [0.4, 0.5) is 0 Å². The quantitative estimate of drug-likeness (QED) is 0.850. The van der Waals surface area contributed by atoms with Gasteiger partial charge in [-0.25, -0.2) is 0 Å². The molecule has 0 saturated carbocycles. The molecule has 0 spiro atoms. The van der Waals surface area contributed by atoms with Gasteiger partial charge in [0.15, 0.2) is 0 Å². The van der Waals surface area contributed by atoms with Crippen LogP contribution in [0.2, 0.25) is 0 Å². The zero-order chi connectivity index (χ0) is 15.1. The van der Waals surface area contributed by atoms with Gasteiger partial charge in [0.25, 0.3) is 0 Å². The summed E-state index contributed by atoms with van der Waals surface area (Å²) in [4.78, 5) is 0. The first kappa shape index (κ1) is 15.3. The van der Waals surface area contributed by atoms with E-state index in [9.17, 15) is 0 Å². The SMILES string of the molecule is COc1ccccc1/C=C/CN[C@H](C)Cn1cc(C)cn1. The van der Waals surface area contributed by atoms with E-state index in [2.05, 4.69) is 42.6 Å². The number of hydrogen-bond donors (Lipinski definition) is 1. The highest BCUT2D eigenvalue weighted by Crippen LogP contribution is 2.18. The molecular weight excluding hydrogens is 262 g/mol. The average Bonchev–Trinajstić information content (AvgIpc) is 2.89. The summed E-state index contributed by atoms with van der Waals surface area (Å²) in [5.74, 6) is 0.897. The molecule has 1 heterocycles. The highest BCUT2D eigenvalue weighted by Gasteiger charge is 2.02. The fraction of sp³-hybridized carbons (Fsp3) is 0.353. The molecule has 0 aliphatic rings. The summed E-state index contributed by atoms with van der Waals surface area (Å²) in [6, 6.07) is 8.37. The molecule has 0 fully saturated rings. The van der Waals surface area contributed by atoms with Crippen molar-refractivity contribution in [3.05, 3.63) is 53.9 Å². The third kappa shape index (κ3) is 4.76. The summed E-state index contributed by atoms with van der Waals surface area (Å²) in [6.45, 7) is 5.90. The van der Waals surface area contributed by atoms with Crippen LogP contribution in [0, 0.1) is 6.92 Å². The smallest absolute Gasteiger partial charge is 0.126 e. The maximum Gasteiger partial charge on any atom is 0.126 e. The first-order valence-corrected chi connectivity index (χ1v) is 7.21. The van der Waals surface area contributed by atoms with Crippen LogP contribution in [0.1, 0.15) is 18.1 Å². The molecule has 0 amide bonds. The Morgan fingerprint density at radius 1 is 1.38 bits per heavy atom. The predicted molar refractivity (Wildman–Crippen MR) is 86.5 cm³/mol. The summed E-state index contributed by atoms with van der Waals surface area (Å²) < 4.78 is 7.29. The molecule has 112 valence electrons. The average molecular weight is 285 g/mol. The van der Waals surface area contributed by atoms with Crippen molar-refractivity contribution < 1.29 is 4.74 Å². The molecule has 1 N–H and O–H groups in total. The van der Waals surface area contributed by atoms with E-state index < -0.39 is 0 Å². The van der Waals surface area contributed by atoms with Crippen LogP contribution < -0.4 is 10.1 Å². The van der Waals surface area contributed by atoms with Crippen LogP contribution in [0.5, 0.6) is 5.75 Å².